The van der Waals surface area contributed by atoms with Crippen LogP contribution in [0.1, 0.15) is 20.3 Å². The number of amides is 2. The SMILES string of the molecule is CCNC(=O)CN(CC)C(=O)CCSc1ccc(F)cc1. The van der Waals surface area contributed by atoms with Gasteiger partial charge in [-0.25, -0.2) is 4.39 Å². The lowest BCUT2D eigenvalue weighted by Gasteiger charge is -2.20. The summed E-state index contributed by atoms with van der Waals surface area (Å²) >= 11 is 1.50. The molecule has 0 radical (unpaired) electrons. The van der Waals surface area contributed by atoms with Crippen molar-refractivity contribution in [3.05, 3.63) is 30.1 Å². The standard InChI is InChI=1S/C15H21FN2O2S/c1-3-17-14(19)11-18(4-2)15(20)9-10-21-13-7-5-12(16)6-8-13/h5-8H,3-4,9-11H2,1-2H3,(H,17,19). The number of thioether (sulfide) groups is 1. The molecule has 0 heterocycles. The second kappa shape index (κ2) is 9.39. The number of benzene rings is 1. The Morgan fingerprint density at radius 3 is 2.48 bits per heavy atom. The van der Waals surface area contributed by atoms with E-state index in [4.69, 9.17) is 0 Å². The fourth-order valence-corrected chi connectivity index (χ4v) is 2.59. The summed E-state index contributed by atoms with van der Waals surface area (Å²) < 4.78 is 12.8. The Morgan fingerprint density at radius 1 is 1.24 bits per heavy atom. The normalized spacial score (nSPS) is 10.2. The van der Waals surface area contributed by atoms with E-state index in [-0.39, 0.29) is 24.2 Å². The number of halogens is 1. The molecular weight excluding hydrogens is 291 g/mol. The molecule has 1 rings (SSSR count). The summed E-state index contributed by atoms with van der Waals surface area (Å²) in [6, 6.07) is 6.18. The zero-order valence-electron chi connectivity index (χ0n) is 12.4. The molecule has 0 fully saturated rings. The van der Waals surface area contributed by atoms with Gasteiger partial charge < -0.3 is 10.2 Å². The summed E-state index contributed by atoms with van der Waals surface area (Å²) in [4.78, 5) is 26.0. The third-order valence-corrected chi connectivity index (χ3v) is 3.85. The zero-order valence-corrected chi connectivity index (χ0v) is 13.2. The maximum Gasteiger partial charge on any atom is 0.239 e. The molecule has 116 valence electrons. The minimum atomic E-state index is -0.269. The van der Waals surface area contributed by atoms with Crippen LogP contribution in [0.15, 0.2) is 29.2 Å². The van der Waals surface area contributed by atoms with Gasteiger partial charge in [0.05, 0.1) is 6.54 Å². The first-order valence-electron chi connectivity index (χ1n) is 6.99. The highest BCUT2D eigenvalue weighted by Crippen LogP contribution is 2.19. The van der Waals surface area contributed by atoms with E-state index in [1.165, 1.54) is 28.8 Å². The molecule has 0 spiro atoms. The molecule has 6 heteroatoms. The lowest BCUT2D eigenvalue weighted by atomic mass is 10.3. The smallest absolute Gasteiger partial charge is 0.239 e. The van der Waals surface area contributed by atoms with Crippen molar-refractivity contribution in [2.24, 2.45) is 0 Å². The van der Waals surface area contributed by atoms with Crippen LogP contribution in [0.5, 0.6) is 0 Å². The minimum Gasteiger partial charge on any atom is -0.355 e. The molecule has 2 amide bonds. The van der Waals surface area contributed by atoms with Crippen molar-refractivity contribution in [2.45, 2.75) is 25.2 Å². The van der Waals surface area contributed by atoms with Crippen molar-refractivity contribution in [1.82, 2.24) is 10.2 Å². The number of nitrogens with zero attached hydrogens (tertiary/aromatic N) is 1. The van der Waals surface area contributed by atoms with Gasteiger partial charge in [0.2, 0.25) is 11.8 Å². The van der Waals surface area contributed by atoms with Crippen LogP contribution in [0.2, 0.25) is 0 Å². The van der Waals surface area contributed by atoms with Crippen molar-refractivity contribution in [3.63, 3.8) is 0 Å². The number of hydrogen-bond acceptors (Lipinski definition) is 3. The van der Waals surface area contributed by atoms with Crippen LogP contribution in [-0.4, -0.2) is 42.1 Å². The van der Waals surface area contributed by atoms with Crippen LogP contribution in [0.25, 0.3) is 0 Å². The van der Waals surface area contributed by atoms with Crippen LogP contribution in [0, 0.1) is 5.82 Å². The molecule has 21 heavy (non-hydrogen) atoms. The molecule has 0 saturated carbocycles. The van der Waals surface area contributed by atoms with E-state index in [1.807, 2.05) is 13.8 Å². The number of rotatable bonds is 8. The largest absolute Gasteiger partial charge is 0.355 e. The quantitative estimate of drug-likeness (QED) is 0.749. The van der Waals surface area contributed by atoms with Gasteiger partial charge in [0, 0.05) is 30.2 Å². The number of likely N-dealkylation sites (N-methyl/N-ethyl adjacent to an activating group) is 2. The van der Waals surface area contributed by atoms with E-state index in [0.29, 0.717) is 25.3 Å². The maximum atomic E-state index is 12.8. The van der Waals surface area contributed by atoms with Gasteiger partial charge in [0.15, 0.2) is 0 Å². The minimum absolute atomic E-state index is 0.0432. The first-order chi connectivity index (χ1) is 10.1. The highest BCUT2D eigenvalue weighted by atomic mass is 32.2. The Kier molecular flexibility index (Phi) is 7.82. The molecule has 1 aromatic carbocycles. The first-order valence-corrected chi connectivity index (χ1v) is 7.98. The van der Waals surface area contributed by atoms with Crippen molar-refractivity contribution in [1.29, 1.82) is 0 Å². The summed E-state index contributed by atoms with van der Waals surface area (Å²) in [5, 5.41) is 2.68. The lowest BCUT2D eigenvalue weighted by Crippen LogP contribution is -2.40. The van der Waals surface area contributed by atoms with E-state index in [9.17, 15) is 14.0 Å². The third kappa shape index (κ3) is 6.62. The topological polar surface area (TPSA) is 49.4 Å². The van der Waals surface area contributed by atoms with Crippen molar-refractivity contribution < 1.29 is 14.0 Å². The second-order valence-electron chi connectivity index (χ2n) is 4.41. The third-order valence-electron chi connectivity index (χ3n) is 2.84. The summed E-state index contributed by atoms with van der Waals surface area (Å²) in [6.45, 7) is 4.87. The molecule has 0 aromatic heterocycles. The Balaban J connectivity index is 2.36. The van der Waals surface area contributed by atoms with Crippen LogP contribution in [0.3, 0.4) is 0 Å². The first kappa shape index (κ1) is 17.5. The number of carbonyl (C=O) groups is 2. The van der Waals surface area contributed by atoms with Gasteiger partial charge in [-0.2, -0.15) is 0 Å². The van der Waals surface area contributed by atoms with Gasteiger partial charge in [0.1, 0.15) is 5.82 Å². The fraction of sp³-hybridized carbons (Fsp3) is 0.467. The predicted octanol–water partition coefficient (Wildman–Crippen LogP) is 2.29. The van der Waals surface area contributed by atoms with E-state index in [0.717, 1.165) is 4.90 Å². The van der Waals surface area contributed by atoms with Gasteiger partial charge in [-0.1, -0.05) is 0 Å². The highest BCUT2D eigenvalue weighted by Gasteiger charge is 2.14. The van der Waals surface area contributed by atoms with Gasteiger partial charge in [-0.05, 0) is 38.1 Å². The molecule has 0 aliphatic carbocycles. The van der Waals surface area contributed by atoms with Crippen LogP contribution < -0.4 is 5.32 Å². The Labute approximate surface area is 129 Å². The van der Waals surface area contributed by atoms with E-state index < -0.39 is 0 Å². The lowest BCUT2D eigenvalue weighted by molar-refractivity contribution is -0.135. The van der Waals surface area contributed by atoms with E-state index in [2.05, 4.69) is 5.32 Å². The summed E-state index contributed by atoms with van der Waals surface area (Å²) in [7, 11) is 0. The van der Waals surface area contributed by atoms with Gasteiger partial charge in [-0.15, -0.1) is 11.8 Å². The van der Waals surface area contributed by atoms with E-state index in [1.54, 1.807) is 12.1 Å². The van der Waals surface area contributed by atoms with Crippen molar-refractivity contribution in [2.75, 3.05) is 25.4 Å². The molecule has 0 aliphatic rings. The average molecular weight is 312 g/mol. The fourth-order valence-electron chi connectivity index (χ4n) is 1.75. The predicted molar refractivity (Wildman–Crippen MR) is 82.7 cm³/mol. The van der Waals surface area contributed by atoms with Crippen LogP contribution in [-0.2, 0) is 9.59 Å². The van der Waals surface area contributed by atoms with Crippen LogP contribution >= 0.6 is 11.8 Å². The molecule has 0 unspecified atom stereocenters. The van der Waals surface area contributed by atoms with Crippen molar-refractivity contribution >= 4 is 23.6 Å². The summed E-state index contributed by atoms with van der Waals surface area (Å²) in [6.07, 6.45) is 0.356. The number of nitrogens with one attached hydrogen (secondary N) is 1. The molecule has 1 N–H and O–H groups in total. The average Bonchev–Trinajstić information content (AvgIpc) is 2.47. The Hall–Kier alpha value is -1.56. The zero-order chi connectivity index (χ0) is 15.7. The molecule has 1 aromatic rings. The van der Waals surface area contributed by atoms with Gasteiger partial charge in [-0.3, -0.25) is 9.59 Å². The Morgan fingerprint density at radius 2 is 1.90 bits per heavy atom. The molecule has 0 saturated heterocycles. The van der Waals surface area contributed by atoms with Gasteiger partial charge in [0.25, 0.3) is 0 Å². The summed E-state index contributed by atoms with van der Waals surface area (Å²) in [5.74, 6) is 0.155. The number of carbonyl (C=O) groups excluding carboxylic acids is 2. The maximum absolute atomic E-state index is 12.8. The highest BCUT2D eigenvalue weighted by molar-refractivity contribution is 7.99. The molecule has 0 bridgehead atoms. The summed E-state index contributed by atoms with van der Waals surface area (Å²) in [5.41, 5.74) is 0. The molecular formula is C15H21FN2O2S. The monoisotopic (exact) mass is 312 g/mol. The molecule has 0 aliphatic heterocycles. The molecule has 4 nitrogen and oxygen atoms in total. The van der Waals surface area contributed by atoms with Crippen molar-refractivity contribution in [3.8, 4) is 0 Å². The Bertz CT molecular complexity index is 465. The van der Waals surface area contributed by atoms with E-state index >= 15 is 0 Å². The van der Waals surface area contributed by atoms with Gasteiger partial charge >= 0.3 is 0 Å². The second-order valence-corrected chi connectivity index (χ2v) is 5.58. The number of hydrogen-bond donors (Lipinski definition) is 1. The molecule has 0 atom stereocenters. The van der Waals surface area contributed by atoms with Crippen LogP contribution in [0.4, 0.5) is 4.39 Å².